The summed E-state index contributed by atoms with van der Waals surface area (Å²) in [7, 11) is 1.29. The quantitative estimate of drug-likeness (QED) is 0.632. The molecule has 0 saturated carbocycles. The number of benzene rings is 2. The van der Waals surface area contributed by atoms with Crippen LogP contribution in [-0.4, -0.2) is 12.0 Å². The van der Waals surface area contributed by atoms with Crippen LogP contribution in [0.1, 0.15) is 5.56 Å². The highest BCUT2D eigenvalue weighted by atomic mass is 19.1. The van der Waals surface area contributed by atoms with E-state index in [1.807, 2.05) is 0 Å². The largest absolute Gasteiger partial charge is 0.497 e. The zero-order valence-corrected chi connectivity index (χ0v) is 11.2. The summed E-state index contributed by atoms with van der Waals surface area (Å²) in [5.74, 6) is -1.91. The van der Waals surface area contributed by atoms with Crippen LogP contribution in [0.5, 0.6) is 17.2 Å². The van der Waals surface area contributed by atoms with Gasteiger partial charge in [0.1, 0.15) is 17.3 Å². The van der Waals surface area contributed by atoms with Crippen molar-refractivity contribution >= 4 is 5.69 Å². The molecule has 0 aliphatic carbocycles. The lowest BCUT2D eigenvalue weighted by Crippen LogP contribution is -1.98. The molecule has 0 bridgehead atoms. The predicted molar refractivity (Wildman–Crippen MR) is 70.8 cm³/mol. The molecule has 0 radical (unpaired) electrons. The first-order valence-electron chi connectivity index (χ1n) is 5.88. The number of halogens is 2. The van der Waals surface area contributed by atoms with E-state index in [9.17, 15) is 18.9 Å². The molecule has 110 valence electrons. The van der Waals surface area contributed by atoms with Crippen molar-refractivity contribution in [3.63, 3.8) is 0 Å². The third-order valence-corrected chi connectivity index (χ3v) is 2.79. The number of nitrogens with zero attached hydrogens (tertiary/aromatic N) is 1. The van der Waals surface area contributed by atoms with Crippen molar-refractivity contribution in [3.8, 4) is 17.2 Å². The smallest absolute Gasteiger partial charge is 0.347 e. The van der Waals surface area contributed by atoms with Gasteiger partial charge in [0.05, 0.1) is 12.0 Å². The van der Waals surface area contributed by atoms with E-state index in [0.29, 0.717) is 5.56 Å². The van der Waals surface area contributed by atoms with Crippen molar-refractivity contribution in [2.24, 2.45) is 0 Å². The van der Waals surface area contributed by atoms with E-state index >= 15 is 0 Å². The van der Waals surface area contributed by atoms with Crippen LogP contribution < -0.4 is 9.47 Å². The fourth-order valence-corrected chi connectivity index (χ4v) is 1.69. The molecular weight excluding hydrogens is 284 g/mol. The van der Waals surface area contributed by atoms with Gasteiger partial charge >= 0.3 is 5.69 Å². The molecular formula is C14H11F2NO4. The lowest BCUT2D eigenvalue weighted by molar-refractivity contribution is -0.388. The van der Waals surface area contributed by atoms with Crippen LogP contribution in [0.2, 0.25) is 0 Å². The Morgan fingerprint density at radius 3 is 2.33 bits per heavy atom. The Hall–Kier alpha value is -2.70. The summed E-state index contributed by atoms with van der Waals surface area (Å²) in [4.78, 5) is 10.0. The summed E-state index contributed by atoms with van der Waals surface area (Å²) in [5, 5.41) is 10.9. The van der Waals surface area contributed by atoms with Crippen LogP contribution in [0.3, 0.4) is 0 Å². The Balaban J connectivity index is 2.48. The van der Waals surface area contributed by atoms with Crippen molar-refractivity contribution in [1.29, 1.82) is 0 Å². The van der Waals surface area contributed by atoms with Gasteiger partial charge in [-0.2, -0.15) is 4.39 Å². The number of hydrogen-bond acceptors (Lipinski definition) is 4. The van der Waals surface area contributed by atoms with Gasteiger partial charge in [0, 0.05) is 18.2 Å². The zero-order valence-electron chi connectivity index (χ0n) is 11.2. The lowest BCUT2D eigenvalue weighted by atomic mass is 10.2. The van der Waals surface area contributed by atoms with Gasteiger partial charge in [-0.3, -0.25) is 10.1 Å². The summed E-state index contributed by atoms with van der Waals surface area (Å²) < 4.78 is 37.2. The third kappa shape index (κ3) is 3.07. The molecule has 0 heterocycles. The van der Waals surface area contributed by atoms with E-state index in [-0.39, 0.29) is 17.2 Å². The van der Waals surface area contributed by atoms with Crippen molar-refractivity contribution < 1.29 is 23.2 Å². The SMILES string of the molecule is COc1cc(F)c([N+](=O)[O-])c(Oc2ccc(C)c(F)c2)c1. The first-order chi connectivity index (χ1) is 9.92. The molecule has 0 spiro atoms. The summed E-state index contributed by atoms with van der Waals surface area (Å²) in [6, 6.07) is 5.99. The van der Waals surface area contributed by atoms with E-state index in [0.717, 1.165) is 12.1 Å². The van der Waals surface area contributed by atoms with Crippen molar-refractivity contribution in [2.45, 2.75) is 6.92 Å². The van der Waals surface area contributed by atoms with Crippen LogP contribution in [0.25, 0.3) is 0 Å². The van der Waals surface area contributed by atoms with Gasteiger partial charge in [0.15, 0.2) is 0 Å². The van der Waals surface area contributed by atoms with Gasteiger partial charge in [-0.15, -0.1) is 0 Å². The monoisotopic (exact) mass is 295 g/mol. The minimum absolute atomic E-state index is 0.0221. The molecule has 0 aliphatic heterocycles. The Morgan fingerprint density at radius 2 is 1.76 bits per heavy atom. The highest BCUT2D eigenvalue weighted by Crippen LogP contribution is 2.37. The maximum absolute atomic E-state index is 13.7. The molecule has 0 unspecified atom stereocenters. The number of rotatable bonds is 4. The van der Waals surface area contributed by atoms with E-state index in [1.165, 1.54) is 25.3 Å². The summed E-state index contributed by atoms with van der Waals surface area (Å²) in [5.41, 5.74) is -0.439. The number of nitro groups is 1. The highest BCUT2D eigenvalue weighted by molar-refractivity contribution is 5.53. The molecule has 7 heteroatoms. The number of ether oxygens (including phenoxy) is 2. The Labute approximate surface area is 118 Å². The van der Waals surface area contributed by atoms with Gasteiger partial charge in [0.2, 0.25) is 11.6 Å². The molecule has 2 aromatic rings. The standard InChI is InChI=1S/C14H11F2NO4/c1-8-3-4-9(5-11(8)15)21-13-7-10(20-2)6-12(16)14(13)17(18)19/h3-7H,1-2H3. The van der Waals surface area contributed by atoms with Crippen molar-refractivity contribution in [2.75, 3.05) is 7.11 Å². The maximum atomic E-state index is 13.7. The van der Waals surface area contributed by atoms with Gasteiger partial charge in [0.25, 0.3) is 0 Å². The van der Waals surface area contributed by atoms with E-state index < -0.39 is 22.2 Å². The fourth-order valence-electron chi connectivity index (χ4n) is 1.69. The minimum Gasteiger partial charge on any atom is -0.497 e. The minimum atomic E-state index is -1.10. The first kappa shape index (κ1) is 14.7. The average molecular weight is 295 g/mol. The van der Waals surface area contributed by atoms with Crippen molar-refractivity contribution in [1.82, 2.24) is 0 Å². The van der Waals surface area contributed by atoms with Gasteiger partial charge in [-0.05, 0) is 18.6 Å². The second-order valence-corrected chi connectivity index (χ2v) is 4.23. The number of nitro benzene ring substituents is 1. The fraction of sp³-hybridized carbons (Fsp3) is 0.143. The molecule has 21 heavy (non-hydrogen) atoms. The second kappa shape index (κ2) is 5.74. The molecule has 0 fully saturated rings. The summed E-state index contributed by atoms with van der Waals surface area (Å²) in [6.07, 6.45) is 0. The van der Waals surface area contributed by atoms with Gasteiger partial charge < -0.3 is 9.47 Å². The number of aryl methyl sites for hydroxylation is 1. The molecule has 2 aromatic carbocycles. The molecule has 0 aliphatic rings. The van der Waals surface area contributed by atoms with E-state index in [4.69, 9.17) is 9.47 Å². The molecule has 0 saturated heterocycles. The number of hydrogen-bond donors (Lipinski definition) is 0. The van der Waals surface area contributed by atoms with Gasteiger partial charge in [-0.1, -0.05) is 6.07 Å². The Morgan fingerprint density at radius 1 is 1.10 bits per heavy atom. The predicted octanol–water partition coefficient (Wildman–Crippen LogP) is 3.98. The maximum Gasteiger partial charge on any atom is 0.347 e. The van der Waals surface area contributed by atoms with Crippen LogP contribution in [-0.2, 0) is 0 Å². The van der Waals surface area contributed by atoms with Crippen LogP contribution in [0.4, 0.5) is 14.5 Å². The first-order valence-corrected chi connectivity index (χ1v) is 5.88. The Kier molecular flexibility index (Phi) is 4.02. The molecule has 0 amide bonds. The normalized spacial score (nSPS) is 10.3. The average Bonchev–Trinajstić information content (AvgIpc) is 2.41. The van der Waals surface area contributed by atoms with Crippen LogP contribution in [0, 0.1) is 28.7 Å². The zero-order chi connectivity index (χ0) is 15.6. The molecule has 2 rings (SSSR count). The molecule has 0 N–H and O–H groups in total. The molecule has 0 aromatic heterocycles. The van der Waals surface area contributed by atoms with Crippen molar-refractivity contribution in [3.05, 3.63) is 57.6 Å². The topological polar surface area (TPSA) is 61.6 Å². The highest BCUT2D eigenvalue weighted by Gasteiger charge is 2.24. The molecule has 5 nitrogen and oxygen atoms in total. The summed E-state index contributed by atoms with van der Waals surface area (Å²) in [6.45, 7) is 1.56. The summed E-state index contributed by atoms with van der Waals surface area (Å²) >= 11 is 0. The van der Waals surface area contributed by atoms with Crippen LogP contribution >= 0.6 is 0 Å². The second-order valence-electron chi connectivity index (χ2n) is 4.23. The number of methoxy groups -OCH3 is 1. The Bertz CT molecular complexity index is 704. The van der Waals surface area contributed by atoms with Gasteiger partial charge in [-0.25, -0.2) is 4.39 Å². The third-order valence-electron chi connectivity index (χ3n) is 2.79. The molecule has 0 atom stereocenters. The lowest BCUT2D eigenvalue weighted by Gasteiger charge is -2.09. The van der Waals surface area contributed by atoms with E-state index in [1.54, 1.807) is 6.92 Å². The van der Waals surface area contributed by atoms with Crippen LogP contribution in [0.15, 0.2) is 30.3 Å². The van der Waals surface area contributed by atoms with E-state index in [2.05, 4.69) is 0 Å².